The molecule has 0 saturated carbocycles. The Morgan fingerprint density at radius 3 is 1.94 bits per heavy atom. The maximum absolute atomic E-state index is 12.6. The van der Waals surface area contributed by atoms with Crippen molar-refractivity contribution in [2.45, 2.75) is 97.0 Å². The van der Waals surface area contributed by atoms with Crippen LogP contribution < -0.4 is 15.6 Å². The molecule has 0 spiro atoms. The quantitative estimate of drug-likeness (QED) is 0.269. The van der Waals surface area contributed by atoms with Crippen LogP contribution in [0.3, 0.4) is 0 Å². The molecule has 0 heterocycles. The monoisotopic (exact) mass is 450 g/mol. The van der Waals surface area contributed by atoms with Gasteiger partial charge in [-0.3, -0.25) is 14.4 Å². The van der Waals surface area contributed by atoms with Gasteiger partial charge in [-0.2, -0.15) is 0 Å². The second-order valence-electron chi connectivity index (χ2n) is 8.48. The number of carbonyl (C=O) groups is 1. The Labute approximate surface area is 190 Å². The molecular weight excluding hydrogens is 412 g/mol. The van der Waals surface area contributed by atoms with Crippen molar-refractivity contribution in [2.75, 3.05) is 19.8 Å². The summed E-state index contributed by atoms with van der Waals surface area (Å²) in [7, 11) is 0. The lowest BCUT2D eigenvalue weighted by molar-refractivity contribution is -0.148. The van der Waals surface area contributed by atoms with Gasteiger partial charge in [-0.05, 0) is 44.9 Å². The van der Waals surface area contributed by atoms with Crippen LogP contribution in [0, 0.1) is 0 Å². The molecule has 7 nitrogen and oxygen atoms in total. The van der Waals surface area contributed by atoms with E-state index in [4.69, 9.17) is 14.2 Å². The molecule has 1 N–H and O–H groups in total. The van der Waals surface area contributed by atoms with Crippen LogP contribution in [0.5, 0.6) is 5.75 Å². The number of ketones is 1. The molecule has 1 atom stereocenters. The number of carbonyl (C=O) groups excluding carboxylic acids is 1. The number of rotatable bonds is 18. The Morgan fingerprint density at radius 2 is 1.31 bits per heavy atom. The summed E-state index contributed by atoms with van der Waals surface area (Å²) in [6.45, 7) is 7.43. The number of aliphatic hydroxyl groups is 1. The van der Waals surface area contributed by atoms with E-state index in [-0.39, 0.29) is 23.7 Å². The average Bonchev–Trinajstić information content (AvgIpc) is 2.80. The topological polar surface area (TPSA) is 99.1 Å². The van der Waals surface area contributed by atoms with Crippen molar-refractivity contribution in [2.24, 2.45) is 0 Å². The van der Waals surface area contributed by atoms with Gasteiger partial charge in [0.25, 0.3) is 5.43 Å². The Balaban J connectivity index is 1.86. The zero-order valence-electron chi connectivity index (χ0n) is 19.8. The first kappa shape index (κ1) is 26.1. The summed E-state index contributed by atoms with van der Waals surface area (Å²) in [6.07, 6.45) is 8.05. The molecule has 32 heavy (non-hydrogen) atoms. The van der Waals surface area contributed by atoms with Crippen LogP contribution in [0.15, 0.2) is 21.1 Å². The predicted molar refractivity (Wildman–Crippen MR) is 123 cm³/mol. The fraction of sp³-hybridized carbons (Fsp3) is 0.720. The van der Waals surface area contributed by atoms with E-state index in [1.165, 1.54) is 0 Å². The third-order valence-electron chi connectivity index (χ3n) is 5.82. The summed E-state index contributed by atoms with van der Waals surface area (Å²) in [5.41, 5.74) is -2.13. The summed E-state index contributed by atoms with van der Waals surface area (Å²) >= 11 is 0. The van der Waals surface area contributed by atoms with Gasteiger partial charge < -0.3 is 19.3 Å². The number of ether oxygens (including phenoxy) is 3. The van der Waals surface area contributed by atoms with Gasteiger partial charge in [-0.25, -0.2) is 0 Å². The first-order valence-corrected chi connectivity index (χ1v) is 12.1. The third-order valence-corrected chi connectivity index (χ3v) is 5.82. The maximum Gasteiger partial charge on any atom is 0.268 e. The minimum atomic E-state index is -1.62. The maximum atomic E-state index is 12.6. The minimum absolute atomic E-state index is 0.162. The standard InChI is InChI=1S/C25H38O7/c1-4-7-15-30-21-18(19(26)20(21)27)13-11-10-12-14-25(29)23(28)22(31-16-8-5-2)24(25)32-17-9-6-3/h29H,4-17H2,1-3H3. The van der Waals surface area contributed by atoms with Gasteiger partial charge in [0.05, 0.1) is 19.8 Å². The molecule has 1 aliphatic carbocycles. The molecule has 1 unspecified atom stereocenters. The molecule has 0 saturated heterocycles. The molecule has 0 aromatic heterocycles. The van der Waals surface area contributed by atoms with E-state index >= 15 is 0 Å². The van der Waals surface area contributed by atoms with Crippen LogP contribution >= 0.6 is 0 Å². The van der Waals surface area contributed by atoms with Crippen LogP contribution in [0.4, 0.5) is 0 Å². The van der Waals surface area contributed by atoms with Crippen LogP contribution in [0.1, 0.15) is 90.5 Å². The highest BCUT2D eigenvalue weighted by molar-refractivity contribution is 6.10. The van der Waals surface area contributed by atoms with Crippen molar-refractivity contribution in [1.29, 1.82) is 0 Å². The molecule has 2 rings (SSSR count). The van der Waals surface area contributed by atoms with Crippen LogP contribution in [0.2, 0.25) is 0 Å². The molecule has 1 aliphatic rings. The third kappa shape index (κ3) is 6.00. The van der Waals surface area contributed by atoms with Gasteiger partial charge in [0.1, 0.15) is 0 Å². The number of hydrogen-bond donors (Lipinski definition) is 1. The molecule has 1 aromatic carbocycles. The van der Waals surface area contributed by atoms with Gasteiger partial charge in [-0.15, -0.1) is 0 Å². The van der Waals surface area contributed by atoms with E-state index in [0.717, 1.165) is 38.5 Å². The lowest BCUT2D eigenvalue weighted by atomic mass is 9.78. The normalized spacial score (nSPS) is 18.2. The minimum Gasteiger partial charge on any atom is -0.490 e. The zero-order chi connectivity index (χ0) is 23.6. The molecule has 0 aliphatic heterocycles. The molecule has 0 radical (unpaired) electrons. The number of Topliss-reactive ketones (excluding diaryl/α,β-unsaturated/α-hetero) is 1. The highest BCUT2D eigenvalue weighted by atomic mass is 16.5. The summed E-state index contributed by atoms with van der Waals surface area (Å²) < 4.78 is 16.8. The molecule has 1 aromatic rings. The van der Waals surface area contributed by atoms with E-state index in [1.54, 1.807) is 0 Å². The van der Waals surface area contributed by atoms with Crippen molar-refractivity contribution >= 4 is 5.78 Å². The van der Waals surface area contributed by atoms with Gasteiger partial charge in [0.15, 0.2) is 17.1 Å². The van der Waals surface area contributed by atoms with Gasteiger partial charge >= 0.3 is 0 Å². The first-order chi connectivity index (χ1) is 15.4. The Kier molecular flexibility index (Phi) is 10.4. The average molecular weight is 451 g/mol. The molecule has 180 valence electrons. The van der Waals surface area contributed by atoms with Gasteiger partial charge in [0.2, 0.25) is 17.0 Å². The number of unbranched alkanes of at least 4 members (excludes halogenated alkanes) is 5. The molecule has 0 fully saturated rings. The van der Waals surface area contributed by atoms with E-state index in [1.807, 2.05) is 20.8 Å². The second kappa shape index (κ2) is 12.8. The van der Waals surface area contributed by atoms with E-state index < -0.39 is 22.2 Å². The molecule has 0 amide bonds. The van der Waals surface area contributed by atoms with Crippen molar-refractivity contribution in [3.8, 4) is 5.75 Å². The summed E-state index contributed by atoms with van der Waals surface area (Å²) in [5.74, 6) is 0.240. The Bertz CT molecular complexity index is 847. The largest absolute Gasteiger partial charge is 0.490 e. The molecule has 7 heteroatoms. The van der Waals surface area contributed by atoms with Crippen molar-refractivity contribution < 1.29 is 24.1 Å². The zero-order valence-corrected chi connectivity index (χ0v) is 19.8. The lowest BCUT2D eigenvalue weighted by Gasteiger charge is -2.38. The van der Waals surface area contributed by atoms with Gasteiger partial charge in [-0.1, -0.05) is 46.5 Å². The van der Waals surface area contributed by atoms with Crippen LogP contribution in [-0.4, -0.2) is 36.3 Å². The molecular formula is C25H38O7. The lowest BCUT2D eigenvalue weighted by Crippen LogP contribution is -2.52. The van der Waals surface area contributed by atoms with Crippen molar-refractivity contribution in [3.05, 3.63) is 37.5 Å². The highest BCUT2D eigenvalue weighted by Gasteiger charge is 2.56. The fourth-order valence-electron chi connectivity index (χ4n) is 3.68. The first-order valence-electron chi connectivity index (χ1n) is 12.1. The van der Waals surface area contributed by atoms with E-state index in [9.17, 15) is 19.5 Å². The van der Waals surface area contributed by atoms with Crippen LogP contribution in [0.25, 0.3) is 0 Å². The van der Waals surface area contributed by atoms with E-state index in [2.05, 4.69) is 0 Å². The SMILES string of the molecule is CCCCOC1=C(OCCCC)C(O)(CCCCCc2c(OCCCC)c(=O)c2=O)C1=O. The van der Waals surface area contributed by atoms with Crippen molar-refractivity contribution in [3.63, 3.8) is 0 Å². The Morgan fingerprint density at radius 1 is 0.719 bits per heavy atom. The van der Waals surface area contributed by atoms with Gasteiger partial charge in [0, 0.05) is 5.56 Å². The summed E-state index contributed by atoms with van der Waals surface area (Å²) in [5, 5.41) is 10.9. The molecule has 0 bridgehead atoms. The number of hydrogen-bond acceptors (Lipinski definition) is 7. The van der Waals surface area contributed by atoms with Crippen LogP contribution in [-0.2, 0) is 20.7 Å². The summed E-state index contributed by atoms with van der Waals surface area (Å²) in [4.78, 5) is 36.1. The Hall–Kier alpha value is -2.15. The highest BCUT2D eigenvalue weighted by Crippen LogP contribution is 2.40. The van der Waals surface area contributed by atoms with E-state index in [0.29, 0.717) is 51.1 Å². The smallest absolute Gasteiger partial charge is 0.268 e. The van der Waals surface area contributed by atoms with Crippen molar-refractivity contribution in [1.82, 2.24) is 0 Å². The summed E-state index contributed by atoms with van der Waals surface area (Å²) in [6, 6.07) is 0. The fourth-order valence-corrected chi connectivity index (χ4v) is 3.68. The second-order valence-corrected chi connectivity index (χ2v) is 8.48. The predicted octanol–water partition coefficient (Wildman–Crippen LogP) is 3.72.